The van der Waals surface area contributed by atoms with E-state index in [1.54, 1.807) is 18.3 Å². The molecule has 120 valence electrons. The molecule has 0 spiro atoms. The highest BCUT2D eigenvalue weighted by Gasteiger charge is 2.35. The van der Waals surface area contributed by atoms with Crippen molar-refractivity contribution < 1.29 is 9.53 Å². The second kappa shape index (κ2) is 6.29. The van der Waals surface area contributed by atoms with E-state index in [0.29, 0.717) is 22.4 Å². The maximum Gasteiger partial charge on any atom is 0.261 e. The van der Waals surface area contributed by atoms with Crippen LogP contribution in [0.2, 0.25) is 0 Å². The fourth-order valence-electron chi connectivity index (χ4n) is 3.39. The molecule has 5 nitrogen and oxygen atoms in total. The van der Waals surface area contributed by atoms with Crippen molar-refractivity contribution in [3.63, 3.8) is 0 Å². The Bertz CT molecular complexity index is 680. The van der Waals surface area contributed by atoms with E-state index in [2.05, 4.69) is 15.2 Å². The molecule has 23 heavy (non-hydrogen) atoms. The first-order valence-corrected chi connectivity index (χ1v) is 8.86. The number of aromatic nitrogens is 1. The lowest BCUT2D eigenvalue weighted by molar-refractivity contribution is 0.0622. The lowest BCUT2D eigenvalue weighted by atomic mass is 9.84. The molecular weight excluding hydrogens is 310 g/mol. The Kier molecular flexibility index (Phi) is 4.01. The Morgan fingerprint density at radius 1 is 1.35 bits per heavy atom. The first-order chi connectivity index (χ1) is 11.3. The Morgan fingerprint density at radius 3 is 2.91 bits per heavy atom. The van der Waals surface area contributed by atoms with Crippen molar-refractivity contribution in [2.24, 2.45) is 5.92 Å². The van der Waals surface area contributed by atoms with E-state index < -0.39 is 0 Å². The summed E-state index contributed by atoms with van der Waals surface area (Å²) in [7, 11) is 0. The molecule has 5 rings (SSSR count). The van der Waals surface area contributed by atoms with Crippen LogP contribution in [-0.4, -0.2) is 41.5 Å². The standard InChI is InChI=1S/C17H19N3O2S/c21-17(19-14-10-20-7-4-12(14)5-8-20)15-9-13(11-23-15)22-16-3-1-2-6-18-16/h1-3,6,9,11-12,14H,4-5,7-8,10H2,(H,19,21). The molecule has 2 bridgehead atoms. The fraction of sp³-hybridized carbons (Fsp3) is 0.412. The van der Waals surface area contributed by atoms with Gasteiger partial charge in [-0.1, -0.05) is 6.07 Å². The third-order valence-corrected chi connectivity index (χ3v) is 5.54. The molecule has 3 fully saturated rings. The molecule has 1 unspecified atom stereocenters. The van der Waals surface area contributed by atoms with E-state index in [1.165, 1.54) is 37.3 Å². The van der Waals surface area contributed by atoms with Crippen LogP contribution in [0.5, 0.6) is 11.6 Å². The number of nitrogens with one attached hydrogen (secondary N) is 1. The minimum absolute atomic E-state index is 0.00428. The summed E-state index contributed by atoms with van der Waals surface area (Å²) in [6, 6.07) is 7.58. The highest BCUT2D eigenvalue weighted by atomic mass is 32.1. The number of hydrogen-bond acceptors (Lipinski definition) is 5. The van der Waals surface area contributed by atoms with Crippen LogP contribution in [0.25, 0.3) is 0 Å². The minimum atomic E-state index is 0.00428. The second-order valence-corrected chi connectivity index (χ2v) is 7.05. The zero-order chi connectivity index (χ0) is 15.6. The summed E-state index contributed by atoms with van der Waals surface area (Å²) < 4.78 is 5.66. The number of rotatable bonds is 4. The van der Waals surface area contributed by atoms with Crippen LogP contribution >= 0.6 is 11.3 Å². The summed E-state index contributed by atoms with van der Waals surface area (Å²) in [6.45, 7) is 3.34. The minimum Gasteiger partial charge on any atom is -0.438 e. The zero-order valence-corrected chi connectivity index (χ0v) is 13.6. The van der Waals surface area contributed by atoms with Crippen LogP contribution in [0, 0.1) is 5.92 Å². The van der Waals surface area contributed by atoms with E-state index in [4.69, 9.17) is 4.74 Å². The van der Waals surface area contributed by atoms with E-state index in [0.717, 1.165) is 6.54 Å². The summed E-state index contributed by atoms with van der Waals surface area (Å²) in [5.74, 6) is 1.83. The van der Waals surface area contributed by atoms with Crippen LogP contribution in [0.1, 0.15) is 22.5 Å². The van der Waals surface area contributed by atoms with Crippen LogP contribution in [0.4, 0.5) is 0 Å². The van der Waals surface area contributed by atoms with Gasteiger partial charge < -0.3 is 15.0 Å². The molecule has 2 aromatic rings. The molecule has 6 heteroatoms. The first kappa shape index (κ1) is 14.7. The number of ether oxygens (including phenoxy) is 1. The predicted molar refractivity (Wildman–Crippen MR) is 89.0 cm³/mol. The maximum atomic E-state index is 12.5. The number of carbonyl (C=O) groups is 1. The van der Waals surface area contributed by atoms with Gasteiger partial charge in [-0.3, -0.25) is 4.79 Å². The van der Waals surface area contributed by atoms with Gasteiger partial charge in [0.25, 0.3) is 5.91 Å². The topological polar surface area (TPSA) is 54.5 Å². The lowest BCUT2D eigenvalue weighted by Gasteiger charge is -2.44. The van der Waals surface area contributed by atoms with Crippen molar-refractivity contribution in [2.75, 3.05) is 19.6 Å². The van der Waals surface area contributed by atoms with Crippen LogP contribution < -0.4 is 10.1 Å². The van der Waals surface area contributed by atoms with Crippen molar-refractivity contribution in [1.29, 1.82) is 0 Å². The van der Waals surface area contributed by atoms with Crippen LogP contribution in [0.15, 0.2) is 35.8 Å². The number of fused-ring (bicyclic) bond motifs is 3. The van der Waals surface area contributed by atoms with E-state index in [-0.39, 0.29) is 11.9 Å². The summed E-state index contributed by atoms with van der Waals surface area (Å²) in [5, 5.41) is 5.05. The smallest absolute Gasteiger partial charge is 0.261 e. The average molecular weight is 329 g/mol. The number of thiophene rings is 1. The number of hydrogen-bond donors (Lipinski definition) is 1. The normalized spacial score (nSPS) is 26.0. The van der Waals surface area contributed by atoms with Crippen molar-refractivity contribution in [3.05, 3.63) is 40.7 Å². The number of pyridine rings is 1. The second-order valence-electron chi connectivity index (χ2n) is 6.13. The summed E-state index contributed by atoms with van der Waals surface area (Å²) in [5.41, 5.74) is 0. The number of amides is 1. The van der Waals surface area contributed by atoms with Crippen molar-refractivity contribution in [3.8, 4) is 11.6 Å². The lowest BCUT2D eigenvalue weighted by Crippen LogP contribution is -2.57. The van der Waals surface area contributed by atoms with Gasteiger partial charge in [0.05, 0.1) is 4.88 Å². The highest BCUT2D eigenvalue weighted by Crippen LogP contribution is 2.29. The van der Waals surface area contributed by atoms with Crippen LogP contribution in [-0.2, 0) is 0 Å². The van der Waals surface area contributed by atoms with Crippen molar-refractivity contribution in [1.82, 2.24) is 15.2 Å². The van der Waals surface area contributed by atoms with Crippen LogP contribution in [0.3, 0.4) is 0 Å². The van der Waals surface area contributed by atoms with Gasteiger partial charge in [-0.2, -0.15) is 0 Å². The SMILES string of the molecule is O=C(NC1CN2CCC1CC2)c1cc(Oc2ccccn2)cs1. The molecule has 5 heterocycles. The Balaban J connectivity index is 1.39. The van der Waals surface area contributed by atoms with E-state index in [1.807, 2.05) is 17.5 Å². The summed E-state index contributed by atoms with van der Waals surface area (Å²) in [4.78, 5) is 19.7. The van der Waals surface area contributed by atoms with Gasteiger partial charge in [0.1, 0.15) is 5.75 Å². The number of carbonyl (C=O) groups excluding carboxylic acids is 1. The van der Waals surface area contributed by atoms with Gasteiger partial charge in [0, 0.05) is 36.3 Å². The molecule has 0 aliphatic carbocycles. The third-order valence-electron chi connectivity index (χ3n) is 4.63. The average Bonchev–Trinajstić information content (AvgIpc) is 3.05. The van der Waals surface area contributed by atoms with Crippen molar-refractivity contribution >= 4 is 17.2 Å². The molecule has 3 aliphatic rings. The number of nitrogens with zero attached hydrogens (tertiary/aromatic N) is 2. The largest absolute Gasteiger partial charge is 0.438 e. The number of piperidine rings is 3. The molecule has 2 aromatic heterocycles. The molecule has 3 saturated heterocycles. The van der Waals surface area contributed by atoms with Gasteiger partial charge in [0.15, 0.2) is 0 Å². The van der Waals surface area contributed by atoms with Crippen molar-refractivity contribution in [2.45, 2.75) is 18.9 Å². The Morgan fingerprint density at radius 2 is 2.22 bits per heavy atom. The Hall–Kier alpha value is -1.92. The zero-order valence-electron chi connectivity index (χ0n) is 12.8. The van der Waals surface area contributed by atoms with Gasteiger partial charge in [-0.05, 0) is 37.9 Å². The molecule has 1 amide bonds. The third kappa shape index (κ3) is 3.23. The molecule has 0 aromatic carbocycles. The van der Waals surface area contributed by atoms with Gasteiger partial charge >= 0.3 is 0 Å². The highest BCUT2D eigenvalue weighted by molar-refractivity contribution is 7.12. The molecule has 0 radical (unpaired) electrons. The predicted octanol–water partition coefficient (Wildman–Crippen LogP) is 2.76. The molecule has 1 atom stereocenters. The van der Waals surface area contributed by atoms with Gasteiger partial charge in [0.2, 0.25) is 5.88 Å². The van der Waals surface area contributed by atoms with Gasteiger partial charge in [-0.15, -0.1) is 11.3 Å². The van der Waals surface area contributed by atoms with Gasteiger partial charge in [-0.25, -0.2) is 4.98 Å². The molecule has 3 aliphatic heterocycles. The fourth-order valence-corrected chi connectivity index (χ4v) is 4.10. The Labute approximate surface area is 139 Å². The molecule has 0 saturated carbocycles. The molecule has 1 N–H and O–H groups in total. The first-order valence-electron chi connectivity index (χ1n) is 7.98. The van der Waals surface area contributed by atoms with E-state index in [9.17, 15) is 4.79 Å². The van der Waals surface area contributed by atoms with E-state index >= 15 is 0 Å². The maximum absolute atomic E-state index is 12.5. The monoisotopic (exact) mass is 329 g/mol. The quantitative estimate of drug-likeness (QED) is 0.937. The molecular formula is C17H19N3O2S. The summed E-state index contributed by atoms with van der Waals surface area (Å²) >= 11 is 1.41. The summed E-state index contributed by atoms with van der Waals surface area (Å²) in [6.07, 6.45) is 4.08.